The lowest BCUT2D eigenvalue weighted by molar-refractivity contribution is -0.0521. The van der Waals surface area contributed by atoms with Crippen LogP contribution < -0.4 is 10.2 Å². The summed E-state index contributed by atoms with van der Waals surface area (Å²) in [6, 6.07) is 9.66. The fourth-order valence-electron chi connectivity index (χ4n) is 4.24. The van der Waals surface area contributed by atoms with Gasteiger partial charge in [-0.2, -0.15) is 0 Å². The highest BCUT2D eigenvalue weighted by molar-refractivity contribution is 5.76. The van der Waals surface area contributed by atoms with Crippen LogP contribution in [0, 0.1) is 0 Å². The van der Waals surface area contributed by atoms with Gasteiger partial charge in [0.05, 0.1) is 30.6 Å². The number of benzene rings is 1. The number of hydrogen-bond donors (Lipinski definition) is 2. The minimum Gasteiger partial charge on any atom is -0.507 e. The van der Waals surface area contributed by atoms with Gasteiger partial charge in [0.1, 0.15) is 5.75 Å². The van der Waals surface area contributed by atoms with Crippen LogP contribution in [0.4, 0.5) is 11.5 Å². The number of fused-ring (bicyclic) bond motifs is 3. The van der Waals surface area contributed by atoms with Gasteiger partial charge >= 0.3 is 0 Å². The summed E-state index contributed by atoms with van der Waals surface area (Å²) in [6.45, 7) is 6.19. The smallest absolute Gasteiger partial charge is 0.172 e. The number of para-hydroxylation sites is 1. The maximum absolute atomic E-state index is 10.2. The first-order chi connectivity index (χ1) is 13.8. The molecule has 4 heterocycles. The van der Waals surface area contributed by atoms with Crippen molar-refractivity contribution in [1.29, 1.82) is 0 Å². The van der Waals surface area contributed by atoms with E-state index >= 15 is 0 Å². The highest BCUT2D eigenvalue weighted by Crippen LogP contribution is 2.35. The van der Waals surface area contributed by atoms with E-state index in [1.165, 1.54) is 0 Å². The van der Waals surface area contributed by atoms with Crippen LogP contribution in [-0.2, 0) is 9.47 Å². The summed E-state index contributed by atoms with van der Waals surface area (Å²) in [7, 11) is 0. The van der Waals surface area contributed by atoms with Crippen molar-refractivity contribution in [2.24, 2.45) is 0 Å². The maximum atomic E-state index is 10.2. The summed E-state index contributed by atoms with van der Waals surface area (Å²) in [4.78, 5) is 4.90. The molecule has 1 unspecified atom stereocenters. The number of aromatic hydroxyl groups is 1. The van der Waals surface area contributed by atoms with Crippen LogP contribution in [-0.4, -0.2) is 78.5 Å². The van der Waals surface area contributed by atoms with Crippen molar-refractivity contribution in [2.45, 2.75) is 18.8 Å². The molecule has 0 radical (unpaired) electrons. The van der Waals surface area contributed by atoms with Gasteiger partial charge in [0, 0.05) is 44.7 Å². The van der Waals surface area contributed by atoms with Crippen LogP contribution in [0.15, 0.2) is 30.3 Å². The summed E-state index contributed by atoms with van der Waals surface area (Å²) in [5, 5.41) is 22.3. The van der Waals surface area contributed by atoms with Gasteiger partial charge in [0.15, 0.2) is 12.1 Å². The molecule has 0 saturated carbocycles. The Morgan fingerprint density at radius 3 is 2.86 bits per heavy atom. The Labute approximate surface area is 164 Å². The van der Waals surface area contributed by atoms with Gasteiger partial charge in [0.2, 0.25) is 0 Å². The molecule has 0 amide bonds. The normalized spacial score (nSPS) is 22.6. The van der Waals surface area contributed by atoms with Crippen LogP contribution in [0.3, 0.4) is 0 Å². The van der Waals surface area contributed by atoms with E-state index < -0.39 is 0 Å². The lowest BCUT2D eigenvalue weighted by atomic mass is 10.1. The number of phenolic OH excluding ortho intramolecular Hbond substituents is 1. The number of phenols is 1. The Balaban J connectivity index is 1.31. The molecule has 3 aliphatic rings. The number of aromatic nitrogens is 2. The molecule has 1 atom stereocenters. The topological polar surface area (TPSA) is 83.0 Å². The minimum atomic E-state index is -0.0420. The first kappa shape index (κ1) is 17.7. The summed E-state index contributed by atoms with van der Waals surface area (Å²) < 4.78 is 11.1. The second-order valence-corrected chi connectivity index (χ2v) is 7.47. The Hall–Kier alpha value is -2.42. The van der Waals surface area contributed by atoms with Crippen molar-refractivity contribution in [3.05, 3.63) is 30.3 Å². The van der Waals surface area contributed by atoms with Gasteiger partial charge in [-0.05, 0) is 18.2 Å². The Bertz CT molecular complexity index is 842. The van der Waals surface area contributed by atoms with Gasteiger partial charge in [-0.1, -0.05) is 12.1 Å². The second-order valence-electron chi connectivity index (χ2n) is 7.47. The summed E-state index contributed by atoms with van der Waals surface area (Å²) in [5.74, 6) is 1.04. The van der Waals surface area contributed by atoms with E-state index in [2.05, 4.69) is 25.3 Å². The molecule has 3 aliphatic heterocycles. The second kappa shape index (κ2) is 7.54. The van der Waals surface area contributed by atoms with Gasteiger partial charge in [-0.15, -0.1) is 10.2 Å². The fourth-order valence-corrected chi connectivity index (χ4v) is 4.24. The molecule has 8 nitrogen and oxygen atoms in total. The highest BCUT2D eigenvalue weighted by atomic mass is 16.7. The average molecular weight is 383 g/mol. The molecule has 28 heavy (non-hydrogen) atoms. The van der Waals surface area contributed by atoms with E-state index in [1.807, 2.05) is 24.3 Å². The third-order valence-corrected chi connectivity index (χ3v) is 5.71. The largest absolute Gasteiger partial charge is 0.507 e. The molecule has 1 aromatic carbocycles. The maximum Gasteiger partial charge on any atom is 0.172 e. The van der Waals surface area contributed by atoms with E-state index in [0.717, 1.165) is 50.6 Å². The molecule has 148 valence electrons. The van der Waals surface area contributed by atoms with E-state index in [-0.39, 0.29) is 12.0 Å². The Morgan fingerprint density at radius 1 is 1.14 bits per heavy atom. The molecule has 5 rings (SSSR count). The fraction of sp³-hybridized carbons (Fsp3) is 0.500. The average Bonchev–Trinajstić information content (AvgIpc) is 3.25. The number of piperazine rings is 1. The van der Waals surface area contributed by atoms with Gasteiger partial charge in [-0.25, -0.2) is 0 Å². The number of rotatable bonds is 4. The van der Waals surface area contributed by atoms with Crippen molar-refractivity contribution >= 4 is 11.5 Å². The van der Waals surface area contributed by atoms with Crippen LogP contribution in [0.2, 0.25) is 0 Å². The number of anilines is 2. The summed E-state index contributed by atoms with van der Waals surface area (Å²) in [5.41, 5.74) is 2.46. The van der Waals surface area contributed by atoms with E-state index in [9.17, 15) is 5.11 Å². The molecule has 2 N–H and O–H groups in total. The van der Waals surface area contributed by atoms with Crippen molar-refractivity contribution in [3.63, 3.8) is 0 Å². The quantitative estimate of drug-likeness (QED) is 0.823. The third kappa shape index (κ3) is 3.39. The van der Waals surface area contributed by atoms with E-state index in [1.54, 1.807) is 6.07 Å². The molecule has 2 aromatic rings. The SMILES string of the molecule is Oc1ccccc1-c1cc2c(nn1)NCC1CN(CCC3OCCO3)CCN21. The van der Waals surface area contributed by atoms with E-state index in [0.29, 0.717) is 30.5 Å². The zero-order chi connectivity index (χ0) is 18.9. The first-order valence-corrected chi connectivity index (χ1v) is 9.90. The zero-order valence-electron chi connectivity index (χ0n) is 15.8. The monoisotopic (exact) mass is 383 g/mol. The summed E-state index contributed by atoms with van der Waals surface area (Å²) >= 11 is 0. The van der Waals surface area contributed by atoms with Crippen molar-refractivity contribution in [2.75, 3.05) is 56.2 Å². The molecular formula is C20H25N5O3. The first-order valence-electron chi connectivity index (χ1n) is 9.90. The van der Waals surface area contributed by atoms with Crippen molar-refractivity contribution in [3.8, 4) is 17.0 Å². The minimum absolute atomic E-state index is 0.0420. The highest BCUT2D eigenvalue weighted by Gasteiger charge is 2.33. The van der Waals surface area contributed by atoms with Crippen molar-refractivity contribution < 1.29 is 14.6 Å². The number of nitrogens with one attached hydrogen (secondary N) is 1. The van der Waals surface area contributed by atoms with E-state index in [4.69, 9.17) is 9.47 Å². The number of nitrogens with zero attached hydrogens (tertiary/aromatic N) is 4. The van der Waals surface area contributed by atoms with Crippen LogP contribution in [0.1, 0.15) is 6.42 Å². The van der Waals surface area contributed by atoms with Crippen LogP contribution in [0.5, 0.6) is 5.75 Å². The van der Waals surface area contributed by atoms with Gasteiger partial charge in [0.25, 0.3) is 0 Å². The summed E-state index contributed by atoms with van der Waals surface area (Å²) in [6.07, 6.45) is 0.874. The number of hydrogen-bond acceptors (Lipinski definition) is 8. The predicted molar refractivity (Wildman–Crippen MR) is 106 cm³/mol. The molecular weight excluding hydrogens is 358 g/mol. The Morgan fingerprint density at radius 2 is 2.00 bits per heavy atom. The molecule has 8 heteroatoms. The van der Waals surface area contributed by atoms with Crippen molar-refractivity contribution in [1.82, 2.24) is 15.1 Å². The molecule has 2 saturated heterocycles. The standard InChI is InChI=1S/C20H25N5O3/c26-18-4-2-1-3-15(18)16-11-17-20(23-22-16)21-12-14-13-24(7-8-25(14)17)6-5-19-27-9-10-28-19/h1-4,11,14,19,26H,5-10,12-13H2,(H,21,23). The molecule has 0 spiro atoms. The molecule has 0 aliphatic carbocycles. The van der Waals surface area contributed by atoms with Gasteiger partial charge < -0.3 is 24.8 Å². The van der Waals surface area contributed by atoms with Crippen LogP contribution in [0.25, 0.3) is 11.3 Å². The van der Waals surface area contributed by atoms with Crippen LogP contribution >= 0.6 is 0 Å². The lowest BCUT2D eigenvalue weighted by Crippen LogP contribution is -2.58. The lowest BCUT2D eigenvalue weighted by Gasteiger charge is -2.45. The van der Waals surface area contributed by atoms with Gasteiger partial charge in [-0.3, -0.25) is 4.90 Å². The predicted octanol–water partition coefficient (Wildman–Crippen LogP) is 1.53. The Kier molecular flexibility index (Phi) is 4.76. The molecule has 2 fully saturated rings. The number of ether oxygens (including phenoxy) is 2. The third-order valence-electron chi connectivity index (χ3n) is 5.71. The molecule has 1 aromatic heterocycles. The molecule has 0 bridgehead atoms. The zero-order valence-corrected chi connectivity index (χ0v) is 15.8.